The first-order valence-corrected chi connectivity index (χ1v) is 8.18. The average Bonchev–Trinajstić information content (AvgIpc) is 2.84. The van der Waals surface area contributed by atoms with Crippen LogP contribution < -0.4 is 0 Å². The van der Waals surface area contributed by atoms with E-state index in [0.717, 1.165) is 18.4 Å². The third-order valence-corrected chi connectivity index (χ3v) is 5.68. The summed E-state index contributed by atoms with van der Waals surface area (Å²) in [4.78, 5) is 10.8. The molecule has 0 amide bonds. The molecule has 110 valence electrons. The highest BCUT2D eigenvalue weighted by molar-refractivity contribution is 7.89. The molecule has 0 saturated carbocycles. The molecule has 1 atom stereocenters. The minimum atomic E-state index is -3.42. The average molecular weight is 297 g/mol. The summed E-state index contributed by atoms with van der Waals surface area (Å²) in [6.07, 6.45) is 2.26. The third-order valence-electron chi connectivity index (χ3n) is 3.65. The number of carboxylic acids is 1. The molecule has 1 aliphatic heterocycles. The van der Waals surface area contributed by atoms with Gasteiger partial charge in [-0.3, -0.25) is 4.79 Å². The van der Waals surface area contributed by atoms with Crippen molar-refractivity contribution in [3.05, 3.63) is 29.8 Å². The number of rotatable bonds is 5. The Kier molecular flexibility index (Phi) is 4.45. The fourth-order valence-corrected chi connectivity index (χ4v) is 4.18. The van der Waals surface area contributed by atoms with E-state index in [2.05, 4.69) is 0 Å². The van der Waals surface area contributed by atoms with Gasteiger partial charge in [0.05, 0.1) is 4.90 Å². The van der Waals surface area contributed by atoms with Crippen LogP contribution in [0.1, 0.15) is 31.7 Å². The largest absolute Gasteiger partial charge is 0.481 e. The summed E-state index contributed by atoms with van der Waals surface area (Å²) in [5, 5.41) is 8.63. The fourth-order valence-electron chi connectivity index (χ4n) is 2.48. The molecular weight excluding hydrogens is 278 g/mol. The van der Waals surface area contributed by atoms with Crippen molar-refractivity contribution in [3.63, 3.8) is 0 Å². The summed E-state index contributed by atoms with van der Waals surface area (Å²) in [7, 11) is -3.42. The summed E-state index contributed by atoms with van der Waals surface area (Å²) in [6.45, 7) is 2.50. The van der Waals surface area contributed by atoms with Crippen molar-refractivity contribution >= 4 is 16.0 Å². The molecule has 1 aromatic rings. The van der Waals surface area contributed by atoms with Crippen molar-refractivity contribution < 1.29 is 18.3 Å². The second-order valence-electron chi connectivity index (χ2n) is 5.14. The molecule has 0 aromatic heterocycles. The maximum Gasteiger partial charge on any atom is 0.303 e. The first kappa shape index (κ1) is 15.0. The van der Waals surface area contributed by atoms with Gasteiger partial charge in [-0.2, -0.15) is 4.31 Å². The molecule has 0 bridgehead atoms. The van der Waals surface area contributed by atoms with Gasteiger partial charge in [0.25, 0.3) is 0 Å². The highest BCUT2D eigenvalue weighted by Gasteiger charge is 2.32. The van der Waals surface area contributed by atoms with Gasteiger partial charge in [0, 0.05) is 19.0 Å². The van der Waals surface area contributed by atoms with E-state index >= 15 is 0 Å². The van der Waals surface area contributed by atoms with Crippen LogP contribution in [0.3, 0.4) is 0 Å². The minimum absolute atomic E-state index is 0.0479. The number of benzene rings is 1. The summed E-state index contributed by atoms with van der Waals surface area (Å²) >= 11 is 0. The number of hydrogen-bond acceptors (Lipinski definition) is 3. The molecule has 1 heterocycles. The number of aliphatic carboxylic acids is 1. The van der Waals surface area contributed by atoms with Gasteiger partial charge >= 0.3 is 5.97 Å². The van der Waals surface area contributed by atoms with Gasteiger partial charge < -0.3 is 5.11 Å². The second-order valence-corrected chi connectivity index (χ2v) is 7.04. The molecule has 1 fully saturated rings. The Morgan fingerprint density at radius 2 is 2.00 bits per heavy atom. The number of aryl methyl sites for hydroxylation is 1. The number of carbonyl (C=O) groups is 1. The minimum Gasteiger partial charge on any atom is -0.481 e. The molecule has 1 N–H and O–H groups in total. The van der Waals surface area contributed by atoms with Crippen LogP contribution >= 0.6 is 0 Å². The first-order chi connectivity index (χ1) is 9.41. The standard InChI is InChI=1S/C14H19NO4S/c1-11-3-2-10-15(11)20(18,19)13-7-4-12(5-8-13)6-9-14(16)17/h4-5,7-8,11H,2-3,6,9-10H2,1H3,(H,16,17). The van der Waals surface area contributed by atoms with Crippen molar-refractivity contribution in [2.75, 3.05) is 6.54 Å². The zero-order valence-electron chi connectivity index (χ0n) is 11.4. The van der Waals surface area contributed by atoms with Crippen LogP contribution in [0.2, 0.25) is 0 Å². The van der Waals surface area contributed by atoms with Crippen molar-refractivity contribution in [1.82, 2.24) is 4.31 Å². The van der Waals surface area contributed by atoms with E-state index in [9.17, 15) is 13.2 Å². The molecule has 20 heavy (non-hydrogen) atoms. The van der Waals surface area contributed by atoms with Gasteiger partial charge in [-0.15, -0.1) is 0 Å². The predicted molar refractivity (Wildman–Crippen MR) is 75.0 cm³/mol. The van der Waals surface area contributed by atoms with E-state index in [0.29, 0.717) is 13.0 Å². The molecule has 1 aromatic carbocycles. The molecular formula is C14H19NO4S. The lowest BCUT2D eigenvalue weighted by atomic mass is 10.1. The Bertz CT molecular complexity index is 580. The smallest absolute Gasteiger partial charge is 0.303 e. The zero-order chi connectivity index (χ0) is 14.8. The molecule has 0 radical (unpaired) electrons. The van der Waals surface area contributed by atoms with Crippen molar-refractivity contribution in [3.8, 4) is 0 Å². The molecule has 1 unspecified atom stereocenters. The van der Waals surface area contributed by atoms with Gasteiger partial charge in [-0.25, -0.2) is 8.42 Å². The number of sulfonamides is 1. The topological polar surface area (TPSA) is 74.7 Å². The van der Waals surface area contributed by atoms with Crippen LogP contribution in [-0.2, 0) is 21.2 Å². The zero-order valence-corrected chi connectivity index (χ0v) is 12.3. The van der Waals surface area contributed by atoms with E-state index in [-0.39, 0.29) is 17.4 Å². The normalized spacial score (nSPS) is 20.1. The summed E-state index contributed by atoms with van der Waals surface area (Å²) in [5.74, 6) is -0.854. The van der Waals surface area contributed by atoms with Crippen LogP contribution in [0.4, 0.5) is 0 Å². The van der Waals surface area contributed by atoms with Crippen molar-refractivity contribution in [2.45, 2.75) is 43.5 Å². The first-order valence-electron chi connectivity index (χ1n) is 6.74. The van der Waals surface area contributed by atoms with Crippen LogP contribution in [0.25, 0.3) is 0 Å². The Morgan fingerprint density at radius 3 is 2.50 bits per heavy atom. The lowest BCUT2D eigenvalue weighted by Crippen LogP contribution is -2.33. The van der Waals surface area contributed by atoms with Gasteiger partial charge in [-0.05, 0) is 43.9 Å². The van der Waals surface area contributed by atoms with Crippen LogP contribution in [0.5, 0.6) is 0 Å². The third kappa shape index (κ3) is 3.19. The molecule has 0 aliphatic carbocycles. The Labute approximate surface area is 119 Å². The van der Waals surface area contributed by atoms with Crippen molar-refractivity contribution in [2.24, 2.45) is 0 Å². The predicted octanol–water partition coefficient (Wildman–Crippen LogP) is 1.88. The molecule has 0 spiro atoms. The van der Waals surface area contributed by atoms with Gasteiger partial charge in [0.2, 0.25) is 10.0 Å². The lowest BCUT2D eigenvalue weighted by molar-refractivity contribution is -0.136. The van der Waals surface area contributed by atoms with E-state index in [1.165, 1.54) is 0 Å². The summed E-state index contributed by atoms with van der Waals surface area (Å²) in [6, 6.07) is 6.56. The molecule has 6 heteroatoms. The fraction of sp³-hybridized carbons (Fsp3) is 0.500. The molecule has 2 rings (SSSR count). The van der Waals surface area contributed by atoms with E-state index < -0.39 is 16.0 Å². The van der Waals surface area contributed by atoms with E-state index in [1.54, 1.807) is 28.6 Å². The Hall–Kier alpha value is -1.40. The van der Waals surface area contributed by atoms with Crippen LogP contribution in [0.15, 0.2) is 29.2 Å². The van der Waals surface area contributed by atoms with Crippen LogP contribution in [0, 0.1) is 0 Å². The number of nitrogens with zero attached hydrogens (tertiary/aromatic N) is 1. The van der Waals surface area contributed by atoms with Gasteiger partial charge in [-0.1, -0.05) is 12.1 Å². The second kappa shape index (κ2) is 5.93. The molecule has 1 aliphatic rings. The van der Waals surface area contributed by atoms with Crippen molar-refractivity contribution in [1.29, 1.82) is 0 Å². The molecule has 5 nitrogen and oxygen atoms in total. The van der Waals surface area contributed by atoms with Crippen LogP contribution in [-0.4, -0.2) is 36.4 Å². The monoisotopic (exact) mass is 297 g/mol. The highest BCUT2D eigenvalue weighted by Crippen LogP contribution is 2.25. The SMILES string of the molecule is CC1CCCN1S(=O)(=O)c1ccc(CCC(=O)O)cc1. The maximum absolute atomic E-state index is 12.5. The summed E-state index contributed by atoms with van der Waals surface area (Å²) in [5.41, 5.74) is 0.834. The van der Waals surface area contributed by atoms with Gasteiger partial charge in [0.15, 0.2) is 0 Å². The Morgan fingerprint density at radius 1 is 1.35 bits per heavy atom. The van der Waals surface area contributed by atoms with Gasteiger partial charge in [0.1, 0.15) is 0 Å². The highest BCUT2D eigenvalue weighted by atomic mass is 32.2. The van der Waals surface area contributed by atoms with E-state index in [1.807, 2.05) is 6.92 Å². The number of hydrogen-bond donors (Lipinski definition) is 1. The maximum atomic E-state index is 12.5. The number of carboxylic acid groups (broad SMARTS) is 1. The molecule has 1 saturated heterocycles. The summed E-state index contributed by atoms with van der Waals surface area (Å²) < 4.78 is 26.4. The van der Waals surface area contributed by atoms with E-state index in [4.69, 9.17) is 5.11 Å². The Balaban J connectivity index is 2.14. The lowest BCUT2D eigenvalue weighted by Gasteiger charge is -2.21. The quantitative estimate of drug-likeness (QED) is 0.900.